The third-order valence-corrected chi connectivity index (χ3v) is 3.20. The monoisotopic (exact) mass is 218 g/mol. The van der Waals surface area contributed by atoms with Crippen molar-refractivity contribution >= 4 is 11.7 Å². The fourth-order valence-electron chi connectivity index (χ4n) is 2.26. The van der Waals surface area contributed by atoms with E-state index in [1.54, 1.807) is 24.3 Å². The number of hydrogen-bond acceptors (Lipinski definition) is 4. The fourth-order valence-corrected chi connectivity index (χ4v) is 2.26. The van der Waals surface area contributed by atoms with Crippen LogP contribution in [0.2, 0.25) is 0 Å². The van der Waals surface area contributed by atoms with Gasteiger partial charge in [0.2, 0.25) is 0 Å². The first-order valence-corrected chi connectivity index (χ1v) is 5.16. The third-order valence-electron chi connectivity index (χ3n) is 3.20. The summed E-state index contributed by atoms with van der Waals surface area (Å²) in [7, 11) is 0. The zero-order chi connectivity index (χ0) is 11.6. The van der Waals surface area contributed by atoms with Gasteiger partial charge in [-0.25, -0.2) is 0 Å². The number of benzene rings is 1. The number of hydrogen-bond donors (Lipinski definition) is 1. The Labute approximate surface area is 93.2 Å². The first-order chi connectivity index (χ1) is 7.69. The predicted molar refractivity (Wildman–Crippen MR) is 56.2 cm³/mol. The van der Waals surface area contributed by atoms with Crippen molar-refractivity contribution in [2.45, 2.75) is 24.7 Å². The Balaban J connectivity index is 2.43. The summed E-state index contributed by atoms with van der Waals surface area (Å²) in [6.45, 7) is 0. The van der Waals surface area contributed by atoms with Crippen LogP contribution in [-0.2, 0) is 10.2 Å². The van der Waals surface area contributed by atoms with Crippen molar-refractivity contribution in [3.63, 3.8) is 0 Å². The molecule has 0 unspecified atom stereocenters. The molecule has 16 heavy (non-hydrogen) atoms. The lowest BCUT2D eigenvalue weighted by atomic mass is 9.79. The molecule has 1 N–H and O–H groups in total. The number of carboxylic acid groups (broad SMARTS) is 1. The van der Waals surface area contributed by atoms with Crippen molar-refractivity contribution in [3.05, 3.63) is 35.9 Å². The Morgan fingerprint density at radius 2 is 2.06 bits per heavy atom. The molecule has 0 heterocycles. The second-order valence-electron chi connectivity index (χ2n) is 4.08. The van der Waals surface area contributed by atoms with Crippen LogP contribution in [0.1, 0.15) is 24.8 Å². The molecule has 1 aliphatic rings. The summed E-state index contributed by atoms with van der Waals surface area (Å²) < 4.78 is 0. The number of oxime groups is 1. The lowest BCUT2D eigenvalue weighted by Crippen LogP contribution is -2.44. The van der Waals surface area contributed by atoms with Crippen LogP contribution in [0.3, 0.4) is 0 Å². The van der Waals surface area contributed by atoms with Crippen LogP contribution in [-0.4, -0.2) is 16.9 Å². The van der Waals surface area contributed by atoms with Crippen LogP contribution in [0.5, 0.6) is 0 Å². The number of carbonyl (C=O) groups is 1. The van der Waals surface area contributed by atoms with Crippen molar-refractivity contribution in [2.24, 2.45) is 5.16 Å². The van der Waals surface area contributed by atoms with Gasteiger partial charge in [0.15, 0.2) is 0 Å². The lowest BCUT2D eigenvalue weighted by molar-refractivity contribution is -0.313. The minimum atomic E-state index is -1.10. The Kier molecular flexibility index (Phi) is 2.64. The maximum Gasteiger partial charge on any atom is 0.0584 e. The zero-order valence-electron chi connectivity index (χ0n) is 8.72. The first-order valence-electron chi connectivity index (χ1n) is 5.16. The summed E-state index contributed by atoms with van der Waals surface area (Å²) in [5.74, 6) is -1.10. The molecule has 1 aromatic carbocycles. The van der Waals surface area contributed by atoms with E-state index in [1.165, 1.54) is 0 Å². The molecule has 1 aromatic rings. The molecule has 0 aliphatic heterocycles. The maximum absolute atomic E-state index is 11.3. The van der Waals surface area contributed by atoms with Crippen LogP contribution in [0.15, 0.2) is 35.5 Å². The van der Waals surface area contributed by atoms with Crippen LogP contribution < -0.4 is 5.11 Å². The Hall–Kier alpha value is -1.84. The van der Waals surface area contributed by atoms with E-state index in [1.807, 2.05) is 6.07 Å². The average molecular weight is 218 g/mol. The molecule has 0 bridgehead atoms. The second-order valence-corrected chi connectivity index (χ2v) is 4.08. The van der Waals surface area contributed by atoms with Crippen LogP contribution in [0, 0.1) is 0 Å². The van der Waals surface area contributed by atoms with Gasteiger partial charge >= 0.3 is 0 Å². The van der Waals surface area contributed by atoms with Gasteiger partial charge in [0.05, 0.1) is 11.7 Å². The summed E-state index contributed by atoms with van der Waals surface area (Å²) in [5, 5.41) is 23.2. The molecule has 0 saturated heterocycles. The largest absolute Gasteiger partial charge is 0.549 e. The molecular weight excluding hydrogens is 206 g/mol. The van der Waals surface area contributed by atoms with Gasteiger partial charge in [-0.1, -0.05) is 35.5 Å². The highest BCUT2D eigenvalue weighted by molar-refractivity contribution is 5.96. The van der Waals surface area contributed by atoms with Gasteiger partial charge in [-0.3, -0.25) is 0 Å². The van der Waals surface area contributed by atoms with Crippen LogP contribution in [0.25, 0.3) is 0 Å². The van der Waals surface area contributed by atoms with Gasteiger partial charge in [-0.15, -0.1) is 0 Å². The highest BCUT2D eigenvalue weighted by atomic mass is 16.4. The SMILES string of the molecule is O=C([O-])[C@@]1(c2ccccc2)CC/C(=N\O)C1. The summed E-state index contributed by atoms with van der Waals surface area (Å²) in [6.07, 6.45) is 1.16. The molecule has 0 radical (unpaired) electrons. The first kappa shape index (κ1) is 10.7. The highest BCUT2D eigenvalue weighted by Gasteiger charge is 2.40. The average Bonchev–Trinajstić information content (AvgIpc) is 2.75. The molecule has 84 valence electrons. The molecule has 0 aromatic heterocycles. The van der Waals surface area contributed by atoms with Gasteiger partial charge in [-0.2, -0.15) is 0 Å². The number of carboxylic acids is 1. The van der Waals surface area contributed by atoms with Gasteiger partial charge in [0, 0.05) is 11.8 Å². The van der Waals surface area contributed by atoms with Crippen molar-refractivity contribution < 1.29 is 15.1 Å². The Bertz CT molecular complexity index is 427. The summed E-state index contributed by atoms with van der Waals surface area (Å²) in [6, 6.07) is 8.98. The van der Waals surface area contributed by atoms with E-state index < -0.39 is 11.4 Å². The van der Waals surface area contributed by atoms with E-state index in [-0.39, 0.29) is 6.42 Å². The standard InChI is InChI=1S/C12H13NO3/c14-11(15)12(7-6-10(8-12)13-16)9-4-2-1-3-5-9/h1-5,16H,6-8H2,(H,14,15)/p-1/b13-10+/t12-/m0/s1. The van der Waals surface area contributed by atoms with Crippen molar-refractivity contribution in [2.75, 3.05) is 0 Å². The van der Waals surface area contributed by atoms with E-state index in [0.717, 1.165) is 0 Å². The molecular formula is C12H12NO3-. The second kappa shape index (κ2) is 3.96. The van der Waals surface area contributed by atoms with Gasteiger partial charge < -0.3 is 15.1 Å². The molecule has 1 saturated carbocycles. The third kappa shape index (κ3) is 1.56. The zero-order valence-corrected chi connectivity index (χ0v) is 8.72. The van der Waals surface area contributed by atoms with E-state index >= 15 is 0 Å². The van der Waals surface area contributed by atoms with Crippen LogP contribution >= 0.6 is 0 Å². The van der Waals surface area contributed by atoms with Gasteiger partial charge in [0.25, 0.3) is 0 Å². The Morgan fingerprint density at radius 1 is 1.38 bits per heavy atom. The molecule has 2 rings (SSSR count). The minimum absolute atomic E-state index is 0.232. The molecule has 0 spiro atoms. The summed E-state index contributed by atoms with van der Waals surface area (Å²) >= 11 is 0. The van der Waals surface area contributed by atoms with Crippen molar-refractivity contribution in [1.29, 1.82) is 0 Å². The summed E-state index contributed by atoms with van der Waals surface area (Å²) in [5.41, 5.74) is 0.213. The topological polar surface area (TPSA) is 72.7 Å². The molecule has 1 fully saturated rings. The van der Waals surface area contributed by atoms with Gasteiger partial charge in [-0.05, 0) is 18.4 Å². The van der Waals surface area contributed by atoms with Crippen molar-refractivity contribution in [1.82, 2.24) is 0 Å². The summed E-state index contributed by atoms with van der Waals surface area (Å²) in [4.78, 5) is 11.3. The fraction of sp³-hybridized carbons (Fsp3) is 0.333. The van der Waals surface area contributed by atoms with E-state index in [4.69, 9.17) is 5.21 Å². The molecule has 4 nitrogen and oxygen atoms in total. The smallest absolute Gasteiger partial charge is 0.0584 e. The van der Waals surface area contributed by atoms with Crippen LogP contribution in [0.4, 0.5) is 0 Å². The molecule has 4 heteroatoms. The van der Waals surface area contributed by atoms with E-state index in [9.17, 15) is 9.90 Å². The van der Waals surface area contributed by atoms with Gasteiger partial charge in [0.1, 0.15) is 0 Å². The maximum atomic E-state index is 11.3. The predicted octanol–water partition coefficient (Wildman–Crippen LogP) is 0.688. The van der Waals surface area contributed by atoms with E-state index in [0.29, 0.717) is 24.1 Å². The number of rotatable bonds is 2. The minimum Gasteiger partial charge on any atom is -0.549 e. The normalized spacial score (nSPS) is 27.1. The number of aliphatic carboxylic acids is 1. The molecule has 0 amide bonds. The molecule has 1 atom stereocenters. The quantitative estimate of drug-likeness (QED) is 0.586. The molecule has 1 aliphatic carbocycles. The number of carbonyl (C=O) groups excluding carboxylic acids is 1. The van der Waals surface area contributed by atoms with E-state index in [2.05, 4.69) is 5.16 Å². The Morgan fingerprint density at radius 3 is 2.56 bits per heavy atom. The highest BCUT2D eigenvalue weighted by Crippen LogP contribution is 2.39. The lowest BCUT2D eigenvalue weighted by Gasteiger charge is -2.30. The van der Waals surface area contributed by atoms with Crippen molar-refractivity contribution in [3.8, 4) is 0 Å². The number of nitrogens with zero attached hydrogens (tertiary/aromatic N) is 1.